The van der Waals surface area contributed by atoms with E-state index in [4.69, 9.17) is 0 Å². The zero-order chi connectivity index (χ0) is 23.2. The number of imidazole rings is 2. The van der Waals surface area contributed by atoms with Crippen LogP contribution in [-0.4, -0.2) is 36.7 Å². The molecular formula is C24H22N6O3. The van der Waals surface area contributed by atoms with Crippen molar-refractivity contribution >= 4 is 29.0 Å². The van der Waals surface area contributed by atoms with Gasteiger partial charge in [-0.2, -0.15) is 0 Å². The highest BCUT2D eigenvalue weighted by Gasteiger charge is 2.14. The predicted octanol–water partition coefficient (Wildman–Crippen LogP) is 3.13. The number of hydrogen-bond acceptors (Lipinski definition) is 5. The third-order valence-corrected chi connectivity index (χ3v) is 4.99. The Morgan fingerprint density at radius 1 is 0.909 bits per heavy atom. The predicted molar refractivity (Wildman–Crippen MR) is 123 cm³/mol. The van der Waals surface area contributed by atoms with Gasteiger partial charge in [0.15, 0.2) is 5.82 Å². The molecule has 0 bridgehead atoms. The Labute approximate surface area is 190 Å². The second-order valence-electron chi connectivity index (χ2n) is 7.40. The van der Waals surface area contributed by atoms with Crippen LogP contribution in [0, 0.1) is 0 Å². The maximum Gasteiger partial charge on any atom is 0.255 e. The quantitative estimate of drug-likeness (QED) is 0.407. The first-order valence-corrected chi connectivity index (χ1v) is 10.3. The zero-order valence-electron chi connectivity index (χ0n) is 17.9. The highest BCUT2D eigenvalue weighted by molar-refractivity contribution is 6.08. The largest absolute Gasteiger partial charge is 0.337 e. The van der Waals surface area contributed by atoms with E-state index in [-0.39, 0.29) is 24.0 Å². The summed E-state index contributed by atoms with van der Waals surface area (Å²) >= 11 is 0. The summed E-state index contributed by atoms with van der Waals surface area (Å²) in [7, 11) is 1.76. The standard InChI is InChI=1S/C24H22N6O3/c1-29-13-11-26-23(29)22(32)17-5-7-19(8-6-17)28-24(33)18-3-2-4-20(15-18)27-21(31)9-12-30-14-10-25-16-30/h2-8,10-11,13-16H,9,12H2,1H3,(H,27,31)(H,28,33). The molecule has 0 saturated heterocycles. The summed E-state index contributed by atoms with van der Waals surface area (Å²) in [4.78, 5) is 45.4. The number of nitrogens with zero attached hydrogens (tertiary/aromatic N) is 4. The number of amides is 2. The average molecular weight is 442 g/mol. The molecule has 0 saturated carbocycles. The van der Waals surface area contributed by atoms with Gasteiger partial charge < -0.3 is 19.8 Å². The molecule has 2 N–H and O–H groups in total. The van der Waals surface area contributed by atoms with Crippen LogP contribution < -0.4 is 10.6 Å². The molecule has 0 aliphatic rings. The summed E-state index contributed by atoms with van der Waals surface area (Å²) in [5.74, 6) is -0.338. The van der Waals surface area contributed by atoms with Gasteiger partial charge in [-0.1, -0.05) is 6.07 Å². The number of aryl methyl sites for hydroxylation is 2. The Kier molecular flexibility index (Phi) is 6.40. The number of ketones is 1. The van der Waals surface area contributed by atoms with Crippen molar-refractivity contribution in [1.29, 1.82) is 0 Å². The molecular weight excluding hydrogens is 420 g/mol. The summed E-state index contributed by atoms with van der Waals surface area (Å²) in [6.07, 6.45) is 8.66. The number of rotatable bonds is 8. The number of aromatic nitrogens is 4. The number of anilines is 2. The highest BCUT2D eigenvalue weighted by Crippen LogP contribution is 2.16. The normalized spacial score (nSPS) is 10.6. The molecule has 0 spiro atoms. The Morgan fingerprint density at radius 2 is 1.73 bits per heavy atom. The summed E-state index contributed by atoms with van der Waals surface area (Å²) in [5, 5.41) is 5.60. The van der Waals surface area contributed by atoms with Gasteiger partial charge in [-0.05, 0) is 42.5 Å². The second-order valence-corrected chi connectivity index (χ2v) is 7.40. The first-order chi connectivity index (χ1) is 16.0. The molecule has 9 heteroatoms. The first kappa shape index (κ1) is 21.7. The van der Waals surface area contributed by atoms with E-state index in [9.17, 15) is 14.4 Å². The van der Waals surface area contributed by atoms with Gasteiger partial charge >= 0.3 is 0 Å². The van der Waals surface area contributed by atoms with E-state index in [1.165, 1.54) is 0 Å². The smallest absolute Gasteiger partial charge is 0.255 e. The van der Waals surface area contributed by atoms with Crippen molar-refractivity contribution in [2.24, 2.45) is 7.05 Å². The number of carbonyl (C=O) groups is 3. The molecule has 2 heterocycles. The lowest BCUT2D eigenvalue weighted by Crippen LogP contribution is -2.16. The van der Waals surface area contributed by atoms with Crippen molar-refractivity contribution in [3.05, 3.63) is 96.6 Å². The monoisotopic (exact) mass is 442 g/mol. The van der Waals surface area contributed by atoms with Crippen LogP contribution in [0.2, 0.25) is 0 Å². The van der Waals surface area contributed by atoms with E-state index in [1.54, 1.807) is 91.3 Å². The molecule has 2 amide bonds. The molecule has 2 aromatic heterocycles. The highest BCUT2D eigenvalue weighted by atomic mass is 16.2. The Hall–Kier alpha value is -4.53. The molecule has 0 aliphatic heterocycles. The summed E-state index contributed by atoms with van der Waals surface area (Å²) in [5.41, 5.74) is 1.96. The van der Waals surface area contributed by atoms with Gasteiger partial charge in [0.2, 0.25) is 11.7 Å². The van der Waals surface area contributed by atoms with Crippen LogP contribution in [0.5, 0.6) is 0 Å². The molecule has 166 valence electrons. The number of carbonyl (C=O) groups excluding carboxylic acids is 3. The minimum atomic E-state index is -0.326. The van der Waals surface area contributed by atoms with Gasteiger partial charge in [-0.3, -0.25) is 14.4 Å². The van der Waals surface area contributed by atoms with Gasteiger partial charge in [-0.15, -0.1) is 0 Å². The van der Waals surface area contributed by atoms with Crippen LogP contribution in [-0.2, 0) is 18.4 Å². The van der Waals surface area contributed by atoms with Crippen molar-refractivity contribution in [3.8, 4) is 0 Å². The molecule has 33 heavy (non-hydrogen) atoms. The Balaban J connectivity index is 1.36. The van der Waals surface area contributed by atoms with Crippen LogP contribution >= 0.6 is 0 Å². The van der Waals surface area contributed by atoms with Crippen molar-refractivity contribution in [1.82, 2.24) is 19.1 Å². The van der Waals surface area contributed by atoms with Crippen LogP contribution in [0.15, 0.2) is 79.6 Å². The van der Waals surface area contributed by atoms with E-state index in [2.05, 4.69) is 20.6 Å². The van der Waals surface area contributed by atoms with E-state index >= 15 is 0 Å². The topological polar surface area (TPSA) is 111 Å². The fourth-order valence-electron chi connectivity index (χ4n) is 3.23. The summed E-state index contributed by atoms with van der Waals surface area (Å²) < 4.78 is 3.47. The molecule has 4 rings (SSSR count). The molecule has 2 aromatic carbocycles. The Bertz CT molecular complexity index is 1280. The molecule has 0 radical (unpaired) electrons. The van der Waals surface area contributed by atoms with E-state index in [0.717, 1.165) is 0 Å². The molecule has 4 aromatic rings. The maximum absolute atomic E-state index is 12.7. The molecule has 0 aliphatic carbocycles. The maximum atomic E-state index is 12.7. The third-order valence-electron chi connectivity index (χ3n) is 4.99. The van der Waals surface area contributed by atoms with E-state index in [1.807, 2.05) is 4.57 Å². The van der Waals surface area contributed by atoms with Gasteiger partial charge in [0.1, 0.15) is 0 Å². The minimum Gasteiger partial charge on any atom is -0.337 e. The van der Waals surface area contributed by atoms with Crippen molar-refractivity contribution in [2.45, 2.75) is 13.0 Å². The SMILES string of the molecule is Cn1ccnc1C(=O)c1ccc(NC(=O)c2cccc(NC(=O)CCn3ccnc3)c2)cc1. The summed E-state index contributed by atoms with van der Waals surface area (Å²) in [6, 6.07) is 13.3. The fourth-order valence-corrected chi connectivity index (χ4v) is 3.23. The van der Waals surface area contributed by atoms with Gasteiger partial charge in [0.25, 0.3) is 5.91 Å². The van der Waals surface area contributed by atoms with Gasteiger partial charge in [0, 0.05) is 67.3 Å². The van der Waals surface area contributed by atoms with Crippen molar-refractivity contribution in [2.75, 3.05) is 10.6 Å². The lowest BCUT2D eigenvalue weighted by Gasteiger charge is -2.09. The minimum absolute atomic E-state index is 0.158. The lowest BCUT2D eigenvalue weighted by molar-refractivity contribution is -0.116. The summed E-state index contributed by atoms with van der Waals surface area (Å²) in [6.45, 7) is 0.519. The Morgan fingerprint density at radius 3 is 2.42 bits per heavy atom. The first-order valence-electron chi connectivity index (χ1n) is 10.3. The molecule has 0 unspecified atom stereocenters. The number of benzene rings is 2. The van der Waals surface area contributed by atoms with Crippen molar-refractivity contribution in [3.63, 3.8) is 0 Å². The fraction of sp³-hybridized carbons (Fsp3) is 0.125. The van der Waals surface area contributed by atoms with Crippen LogP contribution in [0.4, 0.5) is 11.4 Å². The van der Waals surface area contributed by atoms with Gasteiger partial charge in [0.05, 0.1) is 6.33 Å². The van der Waals surface area contributed by atoms with Crippen LogP contribution in [0.25, 0.3) is 0 Å². The van der Waals surface area contributed by atoms with E-state index < -0.39 is 0 Å². The number of hydrogen-bond donors (Lipinski definition) is 2. The van der Waals surface area contributed by atoms with Gasteiger partial charge in [-0.25, -0.2) is 9.97 Å². The second kappa shape index (κ2) is 9.73. The average Bonchev–Trinajstić information content (AvgIpc) is 3.49. The van der Waals surface area contributed by atoms with Crippen LogP contribution in [0.1, 0.15) is 33.0 Å². The van der Waals surface area contributed by atoms with Crippen molar-refractivity contribution < 1.29 is 14.4 Å². The zero-order valence-corrected chi connectivity index (χ0v) is 17.9. The lowest BCUT2D eigenvalue weighted by atomic mass is 10.1. The third kappa shape index (κ3) is 5.40. The number of nitrogens with one attached hydrogen (secondary N) is 2. The molecule has 0 atom stereocenters. The van der Waals surface area contributed by atoms with Crippen LogP contribution in [0.3, 0.4) is 0 Å². The molecule has 0 fully saturated rings. The molecule has 9 nitrogen and oxygen atoms in total. The van der Waals surface area contributed by atoms with E-state index in [0.29, 0.717) is 34.9 Å².